The first-order valence-corrected chi connectivity index (χ1v) is 4.19. The van der Waals surface area contributed by atoms with Crippen LogP contribution in [-0.2, 0) is 9.53 Å². The van der Waals surface area contributed by atoms with Gasteiger partial charge in [-0.2, -0.15) is 5.26 Å². The minimum atomic E-state index is -0.711. The molecule has 0 unspecified atom stereocenters. The highest BCUT2D eigenvalue weighted by molar-refractivity contribution is 5.92. The fourth-order valence-electron chi connectivity index (χ4n) is 0.913. The minimum absolute atomic E-state index is 0.188. The van der Waals surface area contributed by atoms with E-state index in [-0.39, 0.29) is 5.57 Å². The Hall–Kier alpha value is -2.24. The number of hydrogen-bond donors (Lipinski definition) is 0. The van der Waals surface area contributed by atoms with Crippen LogP contribution in [0.1, 0.15) is 11.5 Å². The van der Waals surface area contributed by atoms with Gasteiger partial charge in [0.15, 0.2) is 5.57 Å². The third-order valence-electron chi connectivity index (χ3n) is 1.62. The number of aryl methyl sites for hydroxylation is 1. The van der Waals surface area contributed by atoms with Gasteiger partial charge < -0.3 is 9.15 Å². The zero-order valence-corrected chi connectivity index (χ0v) is 8.40. The highest BCUT2D eigenvalue weighted by atomic mass is 16.5. The summed E-state index contributed by atoms with van der Waals surface area (Å²) in [5.74, 6) is 0.570. The Morgan fingerprint density at radius 1 is 1.60 bits per heavy atom. The molecule has 0 aromatic carbocycles. The predicted octanol–water partition coefficient (Wildman–Crippen LogP) is 1.82. The molecule has 1 rings (SSSR count). The first-order chi connectivity index (χ1) is 7.17. The van der Waals surface area contributed by atoms with E-state index >= 15 is 0 Å². The average molecular weight is 203 g/mol. The summed E-state index contributed by atoms with van der Waals surface area (Å²) < 4.78 is 9.58. The molecule has 0 aliphatic heterocycles. The second-order valence-electron chi connectivity index (χ2n) is 2.72. The molecule has 1 aromatic heterocycles. The summed E-state index contributed by atoms with van der Waals surface area (Å²) in [5, 5.41) is 8.61. The lowest BCUT2D eigenvalue weighted by Crippen LogP contribution is -2.01. The van der Waals surface area contributed by atoms with Crippen molar-refractivity contribution in [2.75, 3.05) is 7.11 Å². The van der Waals surface area contributed by atoms with E-state index in [0.29, 0.717) is 5.76 Å². The molecule has 0 amide bonds. The Morgan fingerprint density at radius 3 is 2.80 bits per heavy atom. The molecule has 0 N–H and O–H groups in total. The van der Waals surface area contributed by atoms with Crippen molar-refractivity contribution in [3.05, 3.63) is 35.0 Å². The number of ether oxygens (including phenoxy) is 1. The number of hydrogen-bond acceptors (Lipinski definition) is 4. The lowest BCUT2D eigenvalue weighted by atomic mass is 10.3. The zero-order chi connectivity index (χ0) is 11.3. The van der Waals surface area contributed by atoms with Crippen molar-refractivity contribution < 1.29 is 13.9 Å². The number of nitriles is 1. The highest BCUT2D eigenvalue weighted by Gasteiger charge is 2.06. The van der Waals surface area contributed by atoms with Gasteiger partial charge in [-0.1, -0.05) is 5.73 Å². The standard InChI is InChI=1S/C11H9NO3/c1-8-3-5-10(15-8)6-4-9(7-12)11(13)14-2/h3,5-6H,1-2H3. The molecular formula is C11H9NO3. The van der Waals surface area contributed by atoms with Crippen molar-refractivity contribution in [3.63, 3.8) is 0 Å². The van der Waals surface area contributed by atoms with Gasteiger partial charge in [0.25, 0.3) is 0 Å². The quantitative estimate of drug-likeness (QED) is 0.318. The van der Waals surface area contributed by atoms with Crippen LogP contribution in [-0.4, -0.2) is 13.1 Å². The molecular weight excluding hydrogens is 194 g/mol. The zero-order valence-electron chi connectivity index (χ0n) is 8.40. The highest BCUT2D eigenvalue weighted by Crippen LogP contribution is 2.07. The molecule has 1 heterocycles. The van der Waals surface area contributed by atoms with Crippen LogP contribution in [0.4, 0.5) is 0 Å². The van der Waals surface area contributed by atoms with E-state index in [1.54, 1.807) is 25.1 Å². The molecule has 0 spiro atoms. The molecule has 0 saturated carbocycles. The smallest absolute Gasteiger partial charge is 0.356 e. The van der Waals surface area contributed by atoms with Gasteiger partial charge in [-0.15, -0.1) is 0 Å². The largest absolute Gasteiger partial charge is 0.464 e. The van der Waals surface area contributed by atoms with Crippen molar-refractivity contribution in [3.8, 4) is 6.07 Å². The Balaban J connectivity index is 2.99. The van der Waals surface area contributed by atoms with Gasteiger partial charge in [-0.05, 0) is 19.1 Å². The topological polar surface area (TPSA) is 63.2 Å². The first kappa shape index (κ1) is 10.8. The van der Waals surface area contributed by atoms with Gasteiger partial charge in [0.2, 0.25) is 0 Å². The maximum atomic E-state index is 11.0. The van der Waals surface area contributed by atoms with E-state index in [0.717, 1.165) is 5.76 Å². The monoisotopic (exact) mass is 203 g/mol. The Kier molecular flexibility index (Phi) is 3.50. The molecule has 0 bridgehead atoms. The fourth-order valence-corrected chi connectivity index (χ4v) is 0.913. The van der Waals surface area contributed by atoms with E-state index in [9.17, 15) is 4.79 Å². The van der Waals surface area contributed by atoms with Crippen LogP contribution in [0, 0.1) is 18.3 Å². The second kappa shape index (κ2) is 4.85. The van der Waals surface area contributed by atoms with E-state index in [1.807, 2.05) is 0 Å². The van der Waals surface area contributed by atoms with Crippen LogP contribution in [0.5, 0.6) is 0 Å². The van der Waals surface area contributed by atoms with Gasteiger partial charge in [0.05, 0.1) is 7.11 Å². The fraction of sp³-hybridized carbons (Fsp3) is 0.182. The molecule has 0 saturated heterocycles. The summed E-state index contributed by atoms with van der Waals surface area (Å²) in [4.78, 5) is 11.0. The molecule has 0 radical (unpaired) electrons. The molecule has 0 atom stereocenters. The molecule has 0 aliphatic rings. The van der Waals surface area contributed by atoms with Gasteiger partial charge >= 0.3 is 5.97 Å². The van der Waals surface area contributed by atoms with Gasteiger partial charge in [-0.25, -0.2) is 4.79 Å². The third-order valence-corrected chi connectivity index (χ3v) is 1.62. The lowest BCUT2D eigenvalue weighted by Gasteiger charge is -1.90. The summed E-state index contributed by atoms with van der Waals surface area (Å²) in [6.45, 7) is 1.80. The lowest BCUT2D eigenvalue weighted by molar-refractivity contribution is -0.135. The molecule has 4 heteroatoms. The Bertz CT molecular complexity index is 470. The first-order valence-electron chi connectivity index (χ1n) is 4.19. The average Bonchev–Trinajstić information content (AvgIpc) is 2.64. The van der Waals surface area contributed by atoms with Crippen LogP contribution in [0.15, 0.2) is 27.9 Å². The van der Waals surface area contributed by atoms with Gasteiger partial charge in [-0.3, -0.25) is 0 Å². The summed E-state index contributed by atoms with van der Waals surface area (Å²) in [6, 6.07) is 5.18. The number of rotatable bonds is 2. The van der Waals surface area contributed by atoms with Gasteiger partial charge in [0.1, 0.15) is 17.6 Å². The van der Waals surface area contributed by atoms with Gasteiger partial charge in [0, 0.05) is 6.08 Å². The van der Waals surface area contributed by atoms with Crippen molar-refractivity contribution >= 4 is 12.0 Å². The van der Waals surface area contributed by atoms with Crippen molar-refractivity contribution in [2.24, 2.45) is 0 Å². The normalized spacial score (nSPS) is 8.60. The van der Waals surface area contributed by atoms with Crippen LogP contribution in [0.2, 0.25) is 0 Å². The Labute approximate surface area is 87.1 Å². The van der Waals surface area contributed by atoms with Crippen LogP contribution in [0.25, 0.3) is 6.08 Å². The van der Waals surface area contributed by atoms with E-state index in [2.05, 4.69) is 10.5 Å². The Morgan fingerprint density at radius 2 is 2.33 bits per heavy atom. The third kappa shape index (κ3) is 2.87. The second-order valence-corrected chi connectivity index (χ2v) is 2.72. The minimum Gasteiger partial charge on any atom is -0.464 e. The number of methoxy groups -OCH3 is 1. The van der Waals surface area contributed by atoms with E-state index in [1.165, 1.54) is 13.2 Å². The maximum absolute atomic E-state index is 11.0. The number of nitrogens with zero attached hydrogens (tertiary/aromatic N) is 1. The van der Waals surface area contributed by atoms with Crippen molar-refractivity contribution in [1.82, 2.24) is 0 Å². The van der Waals surface area contributed by atoms with E-state index in [4.69, 9.17) is 9.68 Å². The number of furan rings is 1. The number of carbonyl (C=O) groups is 1. The summed E-state index contributed by atoms with van der Waals surface area (Å²) in [5.41, 5.74) is 2.32. The predicted molar refractivity (Wildman–Crippen MR) is 52.6 cm³/mol. The van der Waals surface area contributed by atoms with Crippen molar-refractivity contribution in [2.45, 2.75) is 6.92 Å². The van der Waals surface area contributed by atoms with Crippen molar-refractivity contribution in [1.29, 1.82) is 5.26 Å². The summed E-state index contributed by atoms with van der Waals surface area (Å²) >= 11 is 0. The SMILES string of the molecule is COC(=O)C(=C=Cc1ccc(C)o1)C#N. The maximum Gasteiger partial charge on any atom is 0.356 e. The molecule has 15 heavy (non-hydrogen) atoms. The molecule has 4 nitrogen and oxygen atoms in total. The summed E-state index contributed by atoms with van der Waals surface area (Å²) in [6.07, 6.45) is 1.42. The molecule has 76 valence electrons. The molecule has 1 aromatic rings. The number of esters is 1. The number of carbonyl (C=O) groups excluding carboxylic acids is 1. The van der Waals surface area contributed by atoms with E-state index < -0.39 is 5.97 Å². The summed E-state index contributed by atoms with van der Waals surface area (Å²) in [7, 11) is 1.21. The van der Waals surface area contributed by atoms with Crippen LogP contribution in [0.3, 0.4) is 0 Å². The molecule has 0 fully saturated rings. The van der Waals surface area contributed by atoms with Crippen LogP contribution < -0.4 is 0 Å². The molecule has 0 aliphatic carbocycles. The van der Waals surface area contributed by atoms with Crippen LogP contribution >= 0.6 is 0 Å².